The molecule has 0 bridgehead atoms. The lowest BCUT2D eigenvalue weighted by Gasteiger charge is -2.63. The molecule has 0 radical (unpaired) electrons. The van der Waals surface area contributed by atoms with Gasteiger partial charge in [0.05, 0.1) is 18.3 Å². The third-order valence-corrected chi connectivity index (χ3v) is 9.37. The number of fused-ring (bicyclic) bond motifs is 5. The van der Waals surface area contributed by atoms with E-state index in [1.54, 1.807) is 0 Å². The first-order valence-electron chi connectivity index (χ1n) is 10.5. The quantitative estimate of drug-likeness (QED) is 0.667. The second kappa shape index (κ2) is 6.07. The van der Waals surface area contributed by atoms with Crippen LogP contribution in [0.15, 0.2) is 12.2 Å². The van der Waals surface area contributed by atoms with Crippen molar-refractivity contribution >= 4 is 0 Å². The van der Waals surface area contributed by atoms with Crippen molar-refractivity contribution in [2.75, 3.05) is 6.61 Å². The van der Waals surface area contributed by atoms with Gasteiger partial charge in [0.15, 0.2) is 0 Å². The van der Waals surface area contributed by atoms with Crippen LogP contribution in [0.1, 0.15) is 71.6 Å². The topological polar surface area (TPSA) is 60.7 Å². The maximum absolute atomic E-state index is 11.9. The minimum Gasteiger partial charge on any atom is -0.393 e. The average molecular weight is 349 g/mol. The molecule has 4 fully saturated rings. The monoisotopic (exact) mass is 348 g/mol. The first-order valence-corrected chi connectivity index (χ1v) is 10.5. The fourth-order valence-electron chi connectivity index (χ4n) is 7.78. The van der Waals surface area contributed by atoms with E-state index in [0.29, 0.717) is 29.1 Å². The van der Waals surface area contributed by atoms with E-state index in [1.165, 1.54) is 12.8 Å². The minimum absolute atomic E-state index is 0.0444. The Morgan fingerprint density at radius 2 is 1.76 bits per heavy atom. The van der Waals surface area contributed by atoms with Gasteiger partial charge in [-0.3, -0.25) is 0 Å². The largest absolute Gasteiger partial charge is 0.393 e. The molecule has 0 heterocycles. The Labute approximate surface area is 152 Å². The summed E-state index contributed by atoms with van der Waals surface area (Å²) in [4.78, 5) is 0. The standard InChI is InChI=1S/C22H36O3/c1-20-10-8-17(24)14-16(20)5-6-19-18(20)9-11-21(2)15(4-3-13-23)7-12-22(19,21)25/h3-4,15-19,23-25H,5-14H2,1-2H3/b4-3+. The molecule has 4 rings (SSSR count). The van der Waals surface area contributed by atoms with Crippen molar-refractivity contribution < 1.29 is 15.3 Å². The summed E-state index contributed by atoms with van der Waals surface area (Å²) < 4.78 is 0. The molecule has 4 saturated carbocycles. The second-order valence-corrected chi connectivity index (χ2v) is 10.1. The molecule has 0 saturated heterocycles. The third-order valence-electron chi connectivity index (χ3n) is 9.37. The van der Waals surface area contributed by atoms with Crippen molar-refractivity contribution in [2.24, 2.45) is 34.5 Å². The van der Waals surface area contributed by atoms with Crippen LogP contribution in [-0.2, 0) is 0 Å². The third kappa shape index (κ3) is 2.41. The lowest BCUT2D eigenvalue weighted by Crippen LogP contribution is -2.62. The molecule has 142 valence electrons. The fraction of sp³-hybridized carbons (Fsp3) is 0.909. The molecule has 4 aliphatic carbocycles. The summed E-state index contributed by atoms with van der Waals surface area (Å²) in [5.74, 6) is 2.05. The molecule has 3 N–H and O–H groups in total. The Bertz CT molecular complexity index is 545. The number of hydrogen-bond acceptors (Lipinski definition) is 3. The molecule has 3 heteroatoms. The van der Waals surface area contributed by atoms with Gasteiger partial charge in [-0.2, -0.15) is 0 Å². The molecule has 4 aliphatic rings. The van der Waals surface area contributed by atoms with E-state index in [1.807, 2.05) is 6.08 Å². The van der Waals surface area contributed by atoms with E-state index < -0.39 is 5.60 Å². The Hall–Kier alpha value is -0.380. The van der Waals surface area contributed by atoms with Crippen molar-refractivity contribution in [2.45, 2.75) is 83.3 Å². The van der Waals surface area contributed by atoms with E-state index in [-0.39, 0.29) is 18.1 Å². The zero-order valence-electron chi connectivity index (χ0n) is 16.0. The number of allylic oxidation sites excluding steroid dienone is 1. The van der Waals surface area contributed by atoms with Gasteiger partial charge in [0.25, 0.3) is 0 Å². The van der Waals surface area contributed by atoms with Crippen molar-refractivity contribution in [3.63, 3.8) is 0 Å². The highest BCUT2D eigenvalue weighted by molar-refractivity contribution is 5.19. The molecule has 0 aromatic rings. The summed E-state index contributed by atoms with van der Waals surface area (Å²) in [6.45, 7) is 4.87. The molecule has 0 aliphatic heterocycles. The van der Waals surface area contributed by atoms with Gasteiger partial charge in [-0.05, 0) is 86.9 Å². The average Bonchev–Trinajstić information content (AvgIpc) is 2.85. The molecule has 0 spiro atoms. The number of hydrogen-bond donors (Lipinski definition) is 3. The van der Waals surface area contributed by atoms with Gasteiger partial charge >= 0.3 is 0 Å². The van der Waals surface area contributed by atoms with Crippen molar-refractivity contribution in [1.29, 1.82) is 0 Å². The maximum Gasteiger partial charge on any atom is 0.0737 e. The lowest BCUT2D eigenvalue weighted by molar-refractivity contribution is -0.207. The van der Waals surface area contributed by atoms with Gasteiger partial charge in [0.2, 0.25) is 0 Å². The summed E-state index contributed by atoms with van der Waals surface area (Å²) in [5.41, 5.74) is -0.292. The highest BCUT2D eigenvalue weighted by atomic mass is 16.3. The van der Waals surface area contributed by atoms with E-state index in [2.05, 4.69) is 19.9 Å². The molecular formula is C22H36O3. The van der Waals surface area contributed by atoms with Crippen LogP contribution in [0, 0.1) is 34.5 Å². The van der Waals surface area contributed by atoms with Crippen molar-refractivity contribution in [1.82, 2.24) is 0 Å². The number of aliphatic hydroxyl groups is 3. The van der Waals surface area contributed by atoms with Crippen LogP contribution >= 0.6 is 0 Å². The van der Waals surface area contributed by atoms with Crippen LogP contribution in [0.5, 0.6) is 0 Å². The maximum atomic E-state index is 11.9. The highest BCUT2D eigenvalue weighted by Gasteiger charge is 2.66. The number of aliphatic hydroxyl groups excluding tert-OH is 2. The van der Waals surface area contributed by atoms with Crippen LogP contribution in [0.2, 0.25) is 0 Å². The van der Waals surface area contributed by atoms with Gasteiger partial charge in [0.1, 0.15) is 0 Å². The van der Waals surface area contributed by atoms with Crippen LogP contribution in [0.25, 0.3) is 0 Å². The smallest absolute Gasteiger partial charge is 0.0737 e. The molecule has 3 nitrogen and oxygen atoms in total. The predicted molar refractivity (Wildman–Crippen MR) is 98.9 cm³/mol. The summed E-state index contributed by atoms with van der Waals surface area (Å²) >= 11 is 0. The molecule has 0 amide bonds. The lowest BCUT2D eigenvalue weighted by atomic mass is 9.43. The Morgan fingerprint density at radius 1 is 0.960 bits per heavy atom. The molecule has 8 atom stereocenters. The summed E-state index contributed by atoms with van der Waals surface area (Å²) in [5, 5.41) is 31.3. The SMILES string of the molecule is CC12CCC(O)CC1CCC1C2CCC2(C)C(/C=C/CO)CCC12O. The Morgan fingerprint density at radius 3 is 2.52 bits per heavy atom. The molecule has 0 aromatic carbocycles. The van der Waals surface area contributed by atoms with Gasteiger partial charge in [0, 0.05) is 5.41 Å². The summed E-state index contributed by atoms with van der Waals surface area (Å²) in [6.07, 6.45) is 13.5. The summed E-state index contributed by atoms with van der Waals surface area (Å²) in [7, 11) is 0. The minimum atomic E-state index is -0.551. The second-order valence-electron chi connectivity index (χ2n) is 10.1. The fourth-order valence-corrected chi connectivity index (χ4v) is 7.78. The normalized spacial score (nSPS) is 55.6. The van der Waals surface area contributed by atoms with Gasteiger partial charge in [-0.1, -0.05) is 26.0 Å². The van der Waals surface area contributed by atoms with E-state index in [4.69, 9.17) is 0 Å². The Balaban J connectivity index is 1.64. The highest BCUT2D eigenvalue weighted by Crippen LogP contribution is 2.69. The van der Waals surface area contributed by atoms with Crippen molar-refractivity contribution in [3.05, 3.63) is 12.2 Å². The van der Waals surface area contributed by atoms with Gasteiger partial charge in [-0.15, -0.1) is 0 Å². The number of rotatable bonds is 2. The zero-order valence-corrected chi connectivity index (χ0v) is 16.0. The predicted octanol–water partition coefficient (Wildman–Crippen LogP) is 3.67. The van der Waals surface area contributed by atoms with Crippen LogP contribution in [-0.4, -0.2) is 33.6 Å². The van der Waals surface area contributed by atoms with Gasteiger partial charge in [-0.25, -0.2) is 0 Å². The van der Waals surface area contributed by atoms with Crippen molar-refractivity contribution in [3.8, 4) is 0 Å². The van der Waals surface area contributed by atoms with E-state index in [0.717, 1.165) is 44.9 Å². The van der Waals surface area contributed by atoms with Gasteiger partial charge < -0.3 is 15.3 Å². The van der Waals surface area contributed by atoms with E-state index >= 15 is 0 Å². The van der Waals surface area contributed by atoms with Crippen LogP contribution in [0.3, 0.4) is 0 Å². The Kier molecular flexibility index (Phi) is 4.37. The molecule has 0 aromatic heterocycles. The zero-order chi connectivity index (χ0) is 17.9. The molecule has 8 unspecified atom stereocenters. The molecular weight excluding hydrogens is 312 g/mol. The van der Waals surface area contributed by atoms with Crippen LogP contribution < -0.4 is 0 Å². The summed E-state index contributed by atoms with van der Waals surface area (Å²) in [6, 6.07) is 0. The first kappa shape index (κ1) is 18.0. The van der Waals surface area contributed by atoms with E-state index in [9.17, 15) is 15.3 Å². The molecule has 25 heavy (non-hydrogen) atoms. The van der Waals surface area contributed by atoms with Crippen LogP contribution in [0.4, 0.5) is 0 Å². The first-order chi connectivity index (χ1) is 11.8.